The summed E-state index contributed by atoms with van der Waals surface area (Å²) in [5, 5.41) is 17.3. The van der Waals surface area contributed by atoms with E-state index in [0.29, 0.717) is 17.0 Å². The molecule has 98 valence electrons. The molecule has 6 heteroatoms. The van der Waals surface area contributed by atoms with E-state index in [1.807, 2.05) is 22.6 Å². The zero-order valence-corrected chi connectivity index (χ0v) is 10.8. The zero-order chi connectivity index (χ0) is 14.2. The van der Waals surface area contributed by atoms with E-state index >= 15 is 0 Å². The van der Waals surface area contributed by atoms with Gasteiger partial charge >= 0.3 is 0 Å². The van der Waals surface area contributed by atoms with Gasteiger partial charge in [0.05, 0.1) is 22.7 Å². The molecule has 3 aromatic heterocycles. The van der Waals surface area contributed by atoms with Gasteiger partial charge in [-0.25, -0.2) is 0 Å². The van der Waals surface area contributed by atoms with E-state index in [9.17, 15) is 0 Å². The number of nitriles is 1. The van der Waals surface area contributed by atoms with Gasteiger partial charge in [-0.3, -0.25) is 14.4 Å². The highest BCUT2D eigenvalue weighted by Gasteiger charge is 2.12. The second-order valence-electron chi connectivity index (χ2n) is 4.51. The number of hydrogen-bond acceptors (Lipinski definition) is 5. The van der Waals surface area contributed by atoms with Gasteiger partial charge in [-0.05, 0) is 18.2 Å². The molecule has 0 fully saturated rings. The molecule has 3 heterocycles. The molecule has 6 nitrogen and oxygen atoms in total. The van der Waals surface area contributed by atoms with Crippen molar-refractivity contribution >= 4 is 16.7 Å². The summed E-state index contributed by atoms with van der Waals surface area (Å²) >= 11 is 0. The van der Waals surface area contributed by atoms with Crippen LogP contribution in [0.3, 0.4) is 0 Å². The number of para-hydroxylation sites is 1. The largest absolute Gasteiger partial charge is 0.282 e. The predicted octanol–water partition coefficient (Wildman–Crippen LogP) is 2.21. The first-order valence-corrected chi connectivity index (χ1v) is 6.32. The van der Waals surface area contributed by atoms with Crippen molar-refractivity contribution in [3.05, 3.63) is 54.5 Å². The predicted molar refractivity (Wildman–Crippen MR) is 76.2 cm³/mol. The Morgan fingerprint density at radius 3 is 2.86 bits per heavy atom. The molecular formula is C15H8N6. The van der Waals surface area contributed by atoms with Crippen LogP contribution in [0.2, 0.25) is 0 Å². The van der Waals surface area contributed by atoms with Gasteiger partial charge in [-0.15, -0.1) is 10.2 Å². The third-order valence-electron chi connectivity index (χ3n) is 3.28. The van der Waals surface area contributed by atoms with Crippen molar-refractivity contribution in [2.75, 3.05) is 0 Å². The molecule has 0 aliphatic rings. The normalized spacial score (nSPS) is 10.8. The van der Waals surface area contributed by atoms with Crippen LogP contribution in [-0.2, 0) is 0 Å². The minimum atomic E-state index is 0.555. The minimum Gasteiger partial charge on any atom is -0.282 e. The highest BCUT2D eigenvalue weighted by Crippen LogP contribution is 2.25. The van der Waals surface area contributed by atoms with Gasteiger partial charge in [0.25, 0.3) is 0 Å². The van der Waals surface area contributed by atoms with Crippen molar-refractivity contribution in [3.63, 3.8) is 0 Å². The second-order valence-corrected chi connectivity index (χ2v) is 4.51. The lowest BCUT2D eigenvalue weighted by Crippen LogP contribution is -1.93. The first-order valence-electron chi connectivity index (χ1n) is 6.32. The molecule has 0 unspecified atom stereocenters. The van der Waals surface area contributed by atoms with Crippen LogP contribution < -0.4 is 0 Å². The molecule has 0 atom stereocenters. The van der Waals surface area contributed by atoms with Crippen LogP contribution >= 0.6 is 0 Å². The Morgan fingerprint density at radius 2 is 1.95 bits per heavy atom. The fourth-order valence-corrected chi connectivity index (χ4v) is 2.32. The Labute approximate surface area is 119 Å². The maximum Gasteiger partial charge on any atom is 0.170 e. The van der Waals surface area contributed by atoms with E-state index in [1.54, 1.807) is 30.7 Å². The number of rotatable bonds is 1. The molecule has 4 rings (SSSR count). The Balaban J connectivity index is 2.03. The fraction of sp³-hybridized carbons (Fsp3) is 0. The molecule has 0 saturated heterocycles. The molecular weight excluding hydrogens is 264 g/mol. The highest BCUT2D eigenvalue weighted by molar-refractivity contribution is 5.89. The Morgan fingerprint density at radius 1 is 1.05 bits per heavy atom. The lowest BCUT2D eigenvalue weighted by Gasteiger charge is -2.03. The van der Waals surface area contributed by atoms with Crippen LogP contribution in [0, 0.1) is 11.3 Å². The first kappa shape index (κ1) is 11.5. The van der Waals surface area contributed by atoms with Crippen LogP contribution in [0.1, 0.15) is 5.56 Å². The minimum absolute atomic E-state index is 0.555. The SMILES string of the molecule is N#Cc1ccn2c(-c3cccc4nccnc34)nnc2c1. The summed E-state index contributed by atoms with van der Waals surface area (Å²) in [6.07, 6.45) is 5.11. The maximum absolute atomic E-state index is 8.94. The Bertz CT molecular complexity index is 1010. The van der Waals surface area contributed by atoms with E-state index in [2.05, 4.69) is 26.2 Å². The quantitative estimate of drug-likeness (QED) is 0.530. The van der Waals surface area contributed by atoms with E-state index in [-0.39, 0.29) is 0 Å². The van der Waals surface area contributed by atoms with Crippen LogP contribution in [0.4, 0.5) is 0 Å². The molecule has 0 aliphatic heterocycles. The molecule has 0 bridgehead atoms. The Hall–Kier alpha value is -3.33. The maximum atomic E-state index is 8.94. The molecule has 0 N–H and O–H groups in total. The fourth-order valence-electron chi connectivity index (χ4n) is 2.32. The number of pyridine rings is 1. The molecule has 0 radical (unpaired) electrons. The lowest BCUT2D eigenvalue weighted by atomic mass is 10.1. The standard InChI is InChI=1S/C15H8N6/c16-9-10-4-7-21-13(8-10)19-20-15(21)11-2-1-3-12-14(11)18-6-5-17-12/h1-8H. The van der Waals surface area contributed by atoms with Gasteiger partial charge in [0.2, 0.25) is 0 Å². The summed E-state index contributed by atoms with van der Waals surface area (Å²) in [5.41, 5.74) is 3.63. The number of fused-ring (bicyclic) bond motifs is 2. The van der Waals surface area contributed by atoms with Crippen LogP contribution in [0.15, 0.2) is 48.9 Å². The summed E-state index contributed by atoms with van der Waals surface area (Å²) in [4.78, 5) is 8.68. The van der Waals surface area contributed by atoms with E-state index in [4.69, 9.17) is 5.26 Å². The zero-order valence-electron chi connectivity index (χ0n) is 10.8. The molecule has 0 saturated carbocycles. The van der Waals surface area contributed by atoms with Gasteiger partial charge in [-0.1, -0.05) is 6.07 Å². The number of nitrogens with zero attached hydrogens (tertiary/aromatic N) is 6. The third kappa shape index (κ3) is 1.72. The van der Waals surface area contributed by atoms with Crippen LogP contribution in [-0.4, -0.2) is 24.6 Å². The number of hydrogen-bond donors (Lipinski definition) is 0. The van der Waals surface area contributed by atoms with Crippen LogP contribution in [0.5, 0.6) is 0 Å². The first-order chi connectivity index (χ1) is 10.4. The topological polar surface area (TPSA) is 79.8 Å². The smallest absolute Gasteiger partial charge is 0.170 e. The van der Waals surface area contributed by atoms with Gasteiger partial charge in [0.15, 0.2) is 11.5 Å². The summed E-state index contributed by atoms with van der Waals surface area (Å²) in [7, 11) is 0. The van der Waals surface area contributed by atoms with Crippen molar-refractivity contribution in [2.24, 2.45) is 0 Å². The van der Waals surface area contributed by atoms with Gasteiger partial charge in [0, 0.05) is 30.2 Å². The molecule has 0 aliphatic carbocycles. The highest BCUT2D eigenvalue weighted by atomic mass is 15.2. The monoisotopic (exact) mass is 272 g/mol. The number of benzene rings is 1. The molecule has 1 aromatic carbocycles. The second kappa shape index (κ2) is 4.35. The summed E-state index contributed by atoms with van der Waals surface area (Å²) in [6, 6.07) is 11.3. The van der Waals surface area contributed by atoms with Gasteiger partial charge in [0.1, 0.15) is 0 Å². The van der Waals surface area contributed by atoms with Crippen molar-refractivity contribution in [1.29, 1.82) is 5.26 Å². The third-order valence-corrected chi connectivity index (χ3v) is 3.28. The molecule has 0 amide bonds. The van der Waals surface area contributed by atoms with E-state index < -0.39 is 0 Å². The molecule has 4 aromatic rings. The average Bonchev–Trinajstić information content (AvgIpc) is 2.97. The van der Waals surface area contributed by atoms with E-state index in [1.165, 1.54) is 0 Å². The van der Waals surface area contributed by atoms with Crippen molar-refractivity contribution in [2.45, 2.75) is 0 Å². The van der Waals surface area contributed by atoms with Gasteiger partial charge < -0.3 is 0 Å². The van der Waals surface area contributed by atoms with Crippen molar-refractivity contribution < 1.29 is 0 Å². The molecule has 0 spiro atoms. The van der Waals surface area contributed by atoms with Gasteiger partial charge in [-0.2, -0.15) is 5.26 Å². The van der Waals surface area contributed by atoms with Crippen molar-refractivity contribution in [3.8, 4) is 17.5 Å². The Kier molecular flexibility index (Phi) is 2.38. The molecule has 21 heavy (non-hydrogen) atoms. The van der Waals surface area contributed by atoms with Crippen LogP contribution in [0.25, 0.3) is 28.1 Å². The lowest BCUT2D eigenvalue weighted by molar-refractivity contribution is 1.11. The summed E-state index contributed by atoms with van der Waals surface area (Å²) < 4.78 is 1.84. The average molecular weight is 272 g/mol. The number of aromatic nitrogens is 5. The van der Waals surface area contributed by atoms with E-state index in [0.717, 1.165) is 16.6 Å². The van der Waals surface area contributed by atoms with Crippen molar-refractivity contribution in [1.82, 2.24) is 24.6 Å². The summed E-state index contributed by atoms with van der Waals surface area (Å²) in [6.45, 7) is 0. The summed E-state index contributed by atoms with van der Waals surface area (Å²) in [5.74, 6) is 0.681.